The molecular weight excluding hydrogens is 308 g/mol. The van der Waals surface area contributed by atoms with E-state index in [4.69, 9.17) is 4.74 Å². The molecule has 0 bridgehead atoms. The summed E-state index contributed by atoms with van der Waals surface area (Å²) in [6.07, 6.45) is 12.0. The Balaban J connectivity index is 1.85. The Morgan fingerprint density at radius 1 is 0.840 bits per heavy atom. The predicted molar refractivity (Wildman–Crippen MR) is 103 cm³/mol. The van der Waals surface area contributed by atoms with E-state index in [1.165, 1.54) is 37.7 Å². The summed E-state index contributed by atoms with van der Waals surface area (Å²) in [7, 11) is 0. The third kappa shape index (κ3) is 7.39. The van der Waals surface area contributed by atoms with Crippen LogP contribution >= 0.6 is 0 Å². The fourth-order valence-electron chi connectivity index (χ4n) is 2.43. The molecular formula is C22H28N2O. The van der Waals surface area contributed by atoms with E-state index >= 15 is 0 Å². The number of hydrogen-bond acceptors (Lipinski definition) is 3. The molecule has 0 unspecified atom stereocenters. The maximum atomic E-state index is 5.71. The Labute approximate surface area is 151 Å². The number of aryl methyl sites for hydroxylation is 1. The van der Waals surface area contributed by atoms with Crippen LogP contribution in [0, 0.1) is 11.8 Å². The third-order valence-electron chi connectivity index (χ3n) is 3.96. The highest BCUT2D eigenvalue weighted by Crippen LogP contribution is 2.12. The van der Waals surface area contributed by atoms with Crippen molar-refractivity contribution in [3.05, 3.63) is 53.6 Å². The number of benzene rings is 1. The van der Waals surface area contributed by atoms with Gasteiger partial charge in [0, 0.05) is 18.0 Å². The van der Waals surface area contributed by atoms with Crippen LogP contribution in [0.25, 0.3) is 0 Å². The highest BCUT2D eigenvalue weighted by molar-refractivity contribution is 5.40. The molecule has 0 radical (unpaired) electrons. The lowest BCUT2D eigenvalue weighted by Gasteiger charge is -2.05. The molecule has 0 fully saturated rings. The van der Waals surface area contributed by atoms with Crippen molar-refractivity contribution in [3.8, 4) is 17.6 Å². The van der Waals surface area contributed by atoms with Crippen LogP contribution < -0.4 is 4.74 Å². The maximum absolute atomic E-state index is 5.71. The summed E-state index contributed by atoms with van der Waals surface area (Å²) in [5, 5.41) is 0. The van der Waals surface area contributed by atoms with Crippen LogP contribution in [0.2, 0.25) is 0 Å². The standard InChI is InChI=1S/C22H28N2O/c1-3-5-7-9-20-17-23-22(24-18-20)15-12-19-10-13-21(14-11-19)25-16-8-6-4-2/h10-11,13-14,17-18H,3-9,16H2,1-2H3. The zero-order valence-corrected chi connectivity index (χ0v) is 15.4. The first-order chi connectivity index (χ1) is 12.3. The largest absolute Gasteiger partial charge is 0.494 e. The van der Waals surface area contributed by atoms with Gasteiger partial charge in [0.25, 0.3) is 0 Å². The molecule has 0 aliphatic heterocycles. The average molecular weight is 336 g/mol. The van der Waals surface area contributed by atoms with E-state index in [0.29, 0.717) is 5.82 Å². The van der Waals surface area contributed by atoms with Crippen molar-refractivity contribution < 1.29 is 4.74 Å². The van der Waals surface area contributed by atoms with Crippen molar-refractivity contribution >= 4 is 0 Å². The van der Waals surface area contributed by atoms with Gasteiger partial charge in [-0.2, -0.15) is 0 Å². The van der Waals surface area contributed by atoms with E-state index in [2.05, 4.69) is 35.7 Å². The number of unbranched alkanes of at least 4 members (excludes halogenated alkanes) is 4. The summed E-state index contributed by atoms with van der Waals surface area (Å²) in [6.45, 7) is 5.18. The minimum Gasteiger partial charge on any atom is -0.494 e. The molecule has 25 heavy (non-hydrogen) atoms. The molecule has 0 spiro atoms. The van der Waals surface area contributed by atoms with E-state index in [1.807, 2.05) is 36.7 Å². The highest BCUT2D eigenvalue weighted by atomic mass is 16.5. The minimum atomic E-state index is 0.569. The molecule has 2 aromatic rings. The summed E-state index contributed by atoms with van der Waals surface area (Å²) in [6, 6.07) is 7.88. The summed E-state index contributed by atoms with van der Waals surface area (Å²) >= 11 is 0. The summed E-state index contributed by atoms with van der Waals surface area (Å²) in [5.74, 6) is 7.59. The molecule has 2 rings (SSSR count). The first-order valence-electron chi connectivity index (χ1n) is 9.37. The number of ether oxygens (including phenoxy) is 1. The van der Waals surface area contributed by atoms with Crippen LogP contribution in [-0.2, 0) is 6.42 Å². The van der Waals surface area contributed by atoms with Crippen LogP contribution in [0.4, 0.5) is 0 Å². The minimum absolute atomic E-state index is 0.569. The van der Waals surface area contributed by atoms with Gasteiger partial charge in [-0.25, -0.2) is 9.97 Å². The molecule has 0 N–H and O–H groups in total. The van der Waals surface area contributed by atoms with Gasteiger partial charge in [0.15, 0.2) is 0 Å². The quantitative estimate of drug-likeness (QED) is 0.467. The van der Waals surface area contributed by atoms with Crippen molar-refractivity contribution in [2.24, 2.45) is 0 Å². The zero-order valence-electron chi connectivity index (χ0n) is 15.4. The molecule has 0 amide bonds. The lowest BCUT2D eigenvalue weighted by Crippen LogP contribution is -1.96. The van der Waals surface area contributed by atoms with E-state index < -0.39 is 0 Å². The lowest BCUT2D eigenvalue weighted by atomic mass is 10.1. The Kier molecular flexibility index (Phi) is 8.55. The molecule has 0 aliphatic carbocycles. The number of hydrogen-bond donors (Lipinski definition) is 0. The van der Waals surface area contributed by atoms with Crippen molar-refractivity contribution in [2.75, 3.05) is 6.61 Å². The number of aromatic nitrogens is 2. The Bertz CT molecular complexity index is 666. The molecule has 0 aliphatic rings. The number of rotatable bonds is 9. The van der Waals surface area contributed by atoms with Crippen molar-refractivity contribution in [1.29, 1.82) is 0 Å². The molecule has 3 heteroatoms. The van der Waals surface area contributed by atoms with E-state index in [0.717, 1.165) is 30.8 Å². The first kappa shape index (κ1) is 19.0. The van der Waals surface area contributed by atoms with Gasteiger partial charge in [0.05, 0.1) is 6.61 Å². The Morgan fingerprint density at radius 3 is 2.20 bits per heavy atom. The van der Waals surface area contributed by atoms with Crippen LogP contribution in [0.15, 0.2) is 36.7 Å². The molecule has 1 heterocycles. The first-order valence-corrected chi connectivity index (χ1v) is 9.37. The summed E-state index contributed by atoms with van der Waals surface area (Å²) < 4.78 is 5.71. The van der Waals surface area contributed by atoms with Gasteiger partial charge >= 0.3 is 0 Å². The topological polar surface area (TPSA) is 35.0 Å². The van der Waals surface area contributed by atoms with Gasteiger partial charge in [0.2, 0.25) is 5.82 Å². The lowest BCUT2D eigenvalue weighted by molar-refractivity contribution is 0.306. The van der Waals surface area contributed by atoms with E-state index in [9.17, 15) is 0 Å². The van der Waals surface area contributed by atoms with Crippen molar-refractivity contribution in [3.63, 3.8) is 0 Å². The molecule has 3 nitrogen and oxygen atoms in total. The number of nitrogens with zero attached hydrogens (tertiary/aromatic N) is 2. The molecule has 0 saturated heterocycles. The SMILES string of the molecule is CCCCCOc1ccc(C#Cc2ncc(CCCCC)cn2)cc1. The molecule has 0 atom stereocenters. The van der Waals surface area contributed by atoms with Crippen LogP contribution in [0.3, 0.4) is 0 Å². The average Bonchev–Trinajstić information content (AvgIpc) is 2.66. The van der Waals surface area contributed by atoms with Gasteiger partial charge in [-0.05, 0) is 55.0 Å². The van der Waals surface area contributed by atoms with Gasteiger partial charge in [0.1, 0.15) is 5.75 Å². The van der Waals surface area contributed by atoms with Gasteiger partial charge in [-0.1, -0.05) is 45.5 Å². The second-order valence-electron chi connectivity index (χ2n) is 6.20. The smallest absolute Gasteiger partial charge is 0.205 e. The van der Waals surface area contributed by atoms with Gasteiger partial charge in [-0.15, -0.1) is 0 Å². The van der Waals surface area contributed by atoms with Gasteiger partial charge in [-0.3, -0.25) is 0 Å². The molecule has 0 saturated carbocycles. The van der Waals surface area contributed by atoms with Crippen molar-refractivity contribution in [2.45, 2.75) is 58.8 Å². The van der Waals surface area contributed by atoms with E-state index in [-0.39, 0.29) is 0 Å². The zero-order chi connectivity index (χ0) is 17.7. The second-order valence-corrected chi connectivity index (χ2v) is 6.20. The second kappa shape index (κ2) is 11.3. The normalized spacial score (nSPS) is 10.2. The van der Waals surface area contributed by atoms with Crippen LogP contribution in [0.5, 0.6) is 5.75 Å². The van der Waals surface area contributed by atoms with Crippen LogP contribution in [-0.4, -0.2) is 16.6 Å². The molecule has 1 aromatic heterocycles. The highest BCUT2D eigenvalue weighted by Gasteiger charge is 1.97. The molecule has 1 aromatic carbocycles. The summed E-state index contributed by atoms with van der Waals surface area (Å²) in [5.41, 5.74) is 2.13. The Hall–Kier alpha value is -2.34. The summed E-state index contributed by atoms with van der Waals surface area (Å²) in [4.78, 5) is 8.68. The predicted octanol–water partition coefficient (Wildman–Crippen LogP) is 5.18. The third-order valence-corrected chi connectivity index (χ3v) is 3.96. The Morgan fingerprint density at radius 2 is 1.52 bits per heavy atom. The fraction of sp³-hybridized carbons (Fsp3) is 0.455. The van der Waals surface area contributed by atoms with Crippen molar-refractivity contribution in [1.82, 2.24) is 9.97 Å². The van der Waals surface area contributed by atoms with Gasteiger partial charge < -0.3 is 4.74 Å². The van der Waals surface area contributed by atoms with Crippen LogP contribution in [0.1, 0.15) is 69.3 Å². The maximum Gasteiger partial charge on any atom is 0.205 e. The monoisotopic (exact) mass is 336 g/mol. The fourth-order valence-corrected chi connectivity index (χ4v) is 2.43. The van der Waals surface area contributed by atoms with E-state index in [1.54, 1.807) is 0 Å². The molecule has 132 valence electrons.